The number of fused-ring (bicyclic) bond motifs is 1. The van der Waals surface area contributed by atoms with Crippen molar-refractivity contribution >= 4 is 34.5 Å². The summed E-state index contributed by atoms with van der Waals surface area (Å²) in [6.07, 6.45) is 7.23. The minimum atomic E-state index is 0.00338. The van der Waals surface area contributed by atoms with Crippen LogP contribution in [0.3, 0.4) is 0 Å². The van der Waals surface area contributed by atoms with E-state index in [1.807, 2.05) is 31.0 Å². The van der Waals surface area contributed by atoms with Crippen LogP contribution in [0, 0.1) is 13.8 Å². The van der Waals surface area contributed by atoms with Gasteiger partial charge in [0.05, 0.1) is 23.8 Å². The number of aromatic nitrogens is 5. The van der Waals surface area contributed by atoms with Crippen LogP contribution >= 0.6 is 11.8 Å². The summed E-state index contributed by atoms with van der Waals surface area (Å²) in [7, 11) is 0. The number of nitrogens with zero attached hydrogens (tertiary/aromatic N) is 6. The van der Waals surface area contributed by atoms with Crippen LogP contribution in [0.5, 0.6) is 0 Å². The molecule has 4 heterocycles. The summed E-state index contributed by atoms with van der Waals surface area (Å²) in [5.74, 6) is 1.75. The molecule has 9 nitrogen and oxygen atoms in total. The van der Waals surface area contributed by atoms with Gasteiger partial charge in [-0.25, -0.2) is 14.6 Å². The second-order valence-electron chi connectivity index (χ2n) is 7.49. The van der Waals surface area contributed by atoms with Gasteiger partial charge in [-0.05, 0) is 39.4 Å². The van der Waals surface area contributed by atoms with Gasteiger partial charge in [-0.3, -0.25) is 4.79 Å². The standard InChI is InChI=1S/C20H27N7O2S/c1-13-15(14(2)29-25-13)6-7-17(28)21-8-11-27-19-16(12-22-27)18(23-20(24-19)30-3)26-9-4-5-10-26/h12H,4-11H2,1-3H3,(H,21,28). The molecule has 0 aromatic carbocycles. The van der Waals surface area contributed by atoms with Crippen molar-refractivity contribution in [1.82, 2.24) is 30.2 Å². The second-order valence-corrected chi connectivity index (χ2v) is 8.26. The van der Waals surface area contributed by atoms with E-state index in [9.17, 15) is 4.79 Å². The van der Waals surface area contributed by atoms with Gasteiger partial charge in [0.25, 0.3) is 0 Å². The van der Waals surface area contributed by atoms with Crippen LogP contribution in [-0.2, 0) is 17.8 Å². The molecule has 0 aliphatic carbocycles. The zero-order valence-corrected chi connectivity index (χ0v) is 18.5. The molecule has 4 rings (SSSR count). The molecule has 10 heteroatoms. The van der Waals surface area contributed by atoms with E-state index >= 15 is 0 Å². The van der Waals surface area contributed by atoms with Gasteiger partial charge < -0.3 is 14.7 Å². The number of anilines is 1. The maximum absolute atomic E-state index is 12.3. The first-order valence-electron chi connectivity index (χ1n) is 10.3. The fraction of sp³-hybridized carbons (Fsp3) is 0.550. The first kappa shape index (κ1) is 20.6. The molecule has 3 aromatic heterocycles. The molecule has 1 fully saturated rings. The van der Waals surface area contributed by atoms with Crippen LogP contribution in [0.1, 0.15) is 36.3 Å². The summed E-state index contributed by atoms with van der Waals surface area (Å²) < 4.78 is 7.01. The van der Waals surface area contributed by atoms with Crippen molar-refractivity contribution in [2.45, 2.75) is 51.2 Å². The van der Waals surface area contributed by atoms with Crippen molar-refractivity contribution in [1.29, 1.82) is 0 Å². The van der Waals surface area contributed by atoms with Gasteiger partial charge in [-0.15, -0.1) is 0 Å². The molecule has 1 aliphatic rings. The molecule has 0 bridgehead atoms. The van der Waals surface area contributed by atoms with Crippen LogP contribution in [0.4, 0.5) is 5.82 Å². The van der Waals surface area contributed by atoms with E-state index in [-0.39, 0.29) is 5.91 Å². The van der Waals surface area contributed by atoms with Crippen molar-refractivity contribution in [3.63, 3.8) is 0 Å². The molecule has 3 aromatic rings. The van der Waals surface area contributed by atoms with Gasteiger partial charge in [0.2, 0.25) is 5.91 Å². The van der Waals surface area contributed by atoms with Gasteiger partial charge in [0, 0.05) is 31.6 Å². The van der Waals surface area contributed by atoms with Crippen molar-refractivity contribution in [2.75, 3.05) is 30.8 Å². The number of nitrogens with one attached hydrogen (secondary N) is 1. The fourth-order valence-electron chi connectivity index (χ4n) is 3.83. The Morgan fingerprint density at radius 3 is 2.77 bits per heavy atom. The summed E-state index contributed by atoms with van der Waals surface area (Å²) in [6, 6.07) is 0. The topological polar surface area (TPSA) is 102 Å². The number of amides is 1. The smallest absolute Gasteiger partial charge is 0.220 e. The average Bonchev–Trinajstić information content (AvgIpc) is 3.48. The van der Waals surface area contributed by atoms with E-state index in [0.717, 1.165) is 52.1 Å². The van der Waals surface area contributed by atoms with E-state index in [0.29, 0.717) is 25.9 Å². The highest BCUT2D eigenvalue weighted by molar-refractivity contribution is 7.98. The van der Waals surface area contributed by atoms with Crippen molar-refractivity contribution in [2.24, 2.45) is 0 Å². The number of thioether (sulfide) groups is 1. The Balaban J connectivity index is 1.39. The third-order valence-corrected chi connectivity index (χ3v) is 6.02. The van der Waals surface area contributed by atoms with Gasteiger partial charge in [0.15, 0.2) is 10.8 Å². The average molecular weight is 430 g/mol. The molecule has 0 unspecified atom stereocenters. The molecule has 0 spiro atoms. The summed E-state index contributed by atoms with van der Waals surface area (Å²) >= 11 is 1.53. The number of carbonyl (C=O) groups is 1. The van der Waals surface area contributed by atoms with Crippen LogP contribution < -0.4 is 10.2 Å². The van der Waals surface area contributed by atoms with E-state index < -0.39 is 0 Å². The van der Waals surface area contributed by atoms with Crippen molar-refractivity contribution in [3.8, 4) is 0 Å². The van der Waals surface area contributed by atoms with E-state index in [4.69, 9.17) is 9.51 Å². The monoisotopic (exact) mass is 429 g/mol. The third-order valence-electron chi connectivity index (χ3n) is 5.47. The maximum atomic E-state index is 12.3. The molecule has 0 saturated carbocycles. The zero-order valence-electron chi connectivity index (χ0n) is 17.6. The molecule has 30 heavy (non-hydrogen) atoms. The summed E-state index contributed by atoms with van der Waals surface area (Å²) in [6.45, 7) is 6.86. The lowest BCUT2D eigenvalue weighted by atomic mass is 10.1. The number of carbonyl (C=O) groups excluding carboxylic acids is 1. The summed E-state index contributed by atoms with van der Waals surface area (Å²) in [5.41, 5.74) is 2.68. The Morgan fingerprint density at radius 1 is 1.27 bits per heavy atom. The summed E-state index contributed by atoms with van der Waals surface area (Å²) in [5, 5.41) is 13.1. The molecule has 1 aliphatic heterocycles. The maximum Gasteiger partial charge on any atom is 0.220 e. The van der Waals surface area contributed by atoms with Gasteiger partial charge in [-0.2, -0.15) is 5.10 Å². The first-order chi connectivity index (χ1) is 14.6. The van der Waals surface area contributed by atoms with E-state index in [1.165, 1.54) is 24.6 Å². The zero-order chi connectivity index (χ0) is 21.1. The highest BCUT2D eigenvalue weighted by Gasteiger charge is 2.20. The Morgan fingerprint density at radius 2 is 2.07 bits per heavy atom. The molecular weight excluding hydrogens is 402 g/mol. The van der Waals surface area contributed by atoms with Crippen LogP contribution in [0.25, 0.3) is 11.0 Å². The Hall–Kier alpha value is -2.62. The molecule has 160 valence electrons. The van der Waals surface area contributed by atoms with Gasteiger partial charge >= 0.3 is 0 Å². The highest BCUT2D eigenvalue weighted by atomic mass is 32.2. The van der Waals surface area contributed by atoms with Crippen molar-refractivity contribution < 1.29 is 9.32 Å². The second kappa shape index (κ2) is 9.03. The Labute approximate surface area is 179 Å². The quantitative estimate of drug-likeness (QED) is 0.430. The first-order valence-corrected chi connectivity index (χ1v) is 11.5. The number of hydrogen-bond donors (Lipinski definition) is 1. The van der Waals surface area contributed by atoms with Crippen molar-refractivity contribution in [3.05, 3.63) is 23.2 Å². The minimum absolute atomic E-state index is 0.00338. The lowest BCUT2D eigenvalue weighted by Gasteiger charge is -2.17. The Bertz CT molecular complexity index is 1020. The molecule has 1 saturated heterocycles. The predicted molar refractivity (Wildman–Crippen MR) is 116 cm³/mol. The van der Waals surface area contributed by atoms with E-state index in [2.05, 4.69) is 25.5 Å². The lowest BCUT2D eigenvalue weighted by Crippen LogP contribution is -2.27. The third kappa shape index (κ3) is 4.28. The van der Waals surface area contributed by atoms with Crippen LogP contribution in [0.2, 0.25) is 0 Å². The number of rotatable bonds is 8. The highest BCUT2D eigenvalue weighted by Crippen LogP contribution is 2.28. The van der Waals surface area contributed by atoms with Gasteiger partial charge in [-0.1, -0.05) is 16.9 Å². The lowest BCUT2D eigenvalue weighted by molar-refractivity contribution is -0.121. The molecule has 0 radical (unpaired) electrons. The predicted octanol–water partition coefficient (Wildman–Crippen LogP) is 2.50. The number of aryl methyl sites for hydroxylation is 2. The summed E-state index contributed by atoms with van der Waals surface area (Å²) in [4.78, 5) is 24.0. The molecule has 1 N–H and O–H groups in total. The van der Waals surface area contributed by atoms with E-state index in [1.54, 1.807) is 0 Å². The minimum Gasteiger partial charge on any atom is -0.361 e. The van der Waals surface area contributed by atoms with Gasteiger partial charge in [0.1, 0.15) is 11.6 Å². The Kier molecular flexibility index (Phi) is 6.21. The molecule has 1 amide bonds. The fourth-order valence-corrected chi connectivity index (χ4v) is 4.19. The normalized spacial score (nSPS) is 14.0. The SMILES string of the molecule is CSc1nc(N2CCCC2)c2cnn(CCNC(=O)CCc3c(C)noc3C)c2n1. The number of hydrogen-bond acceptors (Lipinski definition) is 8. The molecular formula is C20H27N7O2S. The van der Waals surface area contributed by atoms with Crippen LogP contribution in [0.15, 0.2) is 15.9 Å². The largest absolute Gasteiger partial charge is 0.361 e. The molecule has 0 atom stereocenters. The van der Waals surface area contributed by atoms with Crippen LogP contribution in [-0.4, -0.2) is 56.7 Å².